The molecule has 2 rings (SSSR count). The number of nitrogens with two attached hydrogens (primary N) is 1. The molecular formula is C15H23N5. The number of hydrogen-bond acceptors (Lipinski definition) is 4. The van der Waals surface area contributed by atoms with E-state index in [4.69, 9.17) is 5.73 Å². The van der Waals surface area contributed by atoms with Crippen LogP contribution < -0.4 is 10.6 Å². The van der Waals surface area contributed by atoms with E-state index >= 15 is 0 Å². The zero-order chi connectivity index (χ0) is 14.4. The molecular weight excluding hydrogens is 250 g/mol. The molecule has 0 bridgehead atoms. The van der Waals surface area contributed by atoms with Crippen molar-refractivity contribution in [1.29, 1.82) is 0 Å². The Kier molecular flexibility index (Phi) is 5.12. The predicted octanol–water partition coefficient (Wildman–Crippen LogP) is 2.21. The van der Waals surface area contributed by atoms with Crippen LogP contribution in [-0.4, -0.2) is 27.9 Å². The number of benzene rings is 1. The quantitative estimate of drug-likeness (QED) is 0.840. The molecule has 1 aromatic heterocycles. The number of anilines is 1. The van der Waals surface area contributed by atoms with Gasteiger partial charge in [0, 0.05) is 18.3 Å². The average Bonchev–Trinajstić information content (AvgIpc) is 2.92. The van der Waals surface area contributed by atoms with E-state index in [1.165, 1.54) is 5.69 Å². The zero-order valence-electron chi connectivity index (χ0n) is 12.2. The number of rotatable bonds is 7. The molecule has 0 amide bonds. The van der Waals surface area contributed by atoms with Gasteiger partial charge in [-0.3, -0.25) is 0 Å². The summed E-state index contributed by atoms with van der Waals surface area (Å²) in [6, 6.07) is 10.7. The van der Waals surface area contributed by atoms with Crippen molar-refractivity contribution in [3.05, 3.63) is 42.5 Å². The van der Waals surface area contributed by atoms with Gasteiger partial charge in [0.25, 0.3) is 0 Å². The van der Waals surface area contributed by atoms with Crippen LogP contribution in [0.15, 0.2) is 36.7 Å². The lowest BCUT2D eigenvalue weighted by molar-refractivity contribution is 0.500. The predicted molar refractivity (Wildman–Crippen MR) is 81.6 cm³/mol. The third kappa shape index (κ3) is 3.57. The molecule has 0 radical (unpaired) electrons. The fourth-order valence-electron chi connectivity index (χ4n) is 2.21. The second kappa shape index (κ2) is 7.05. The molecule has 0 unspecified atom stereocenters. The summed E-state index contributed by atoms with van der Waals surface area (Å²) < 4.78 is 1.97. The monoisotopic (exact) mass is 273 g/mol. The first-order chi connectivity index (χ1) is 9.72. The average molecular weight is 273 g/mol. The number of hydrogen-bond donors (Lipinski definition) is 1. The van der Waals surface area contributed by atoms with Gasteiger partial charge in [-0.2, -0.15) is 5.10 Å². The lowest BCUT2D eigenvalue weighted by Gasteiger charge is -2.25. The molecule has 0 atom stereocenters. The molecule has 1 aromatic carbocycles. The summed E-state index contributed by atoms with van der Waals surface area (Å²) in [4.78, 5) is 6.69. The van der Waals surface area contributed by atoms with Crippen LogP contribution in [0.25, 0.3) is 0 Å². The molecule has 0 fully saturated rings. The largest absolute Gasteiger partial charge is 0.364 e. The highest BCUT2D eigenvalue weighted by Crippen LogP contribution is 2.17. The van der Waals surface area contributed by atoms with Gasteiger partial charge in [-0.15, -0.1) is 0 Å². The first-order valence-corrected chi connectivity index (χ1v) is 7.11. The fourth-order valence-corrected chi connectivity index (χ4v) is 2.21. The van der Waals surface area contributed by atoms with Crippen molar-refractivity contribution < 1.29 is 0 Å². The third-order valence-electron chi connectivity index (χ3n) is 3.22. The first kappa shape index (κ1) is 14.5. The van der Waals surface area contributed by atoms with Gasteiger partial charge in [0.2, 0.25) is 0 Å². The van der Waals surface area contributed by atoms with Crippen molar-refractivity contribution in [3.8, 4) is 0 Å². The van der Waals surface area contributed by atoms with E-state index in [-0.39, 0.29) is 0 Å². The molecule has 5 nitrogen and oxygen atoms in total. The Bertz CT molecular complexity index is 506. The molecule has 2 N–H and O–H groups in total. The van der Waals surface area contributed by atoms with E-state index in [2.05, 4.69) is 53.1 Å². The van der Waals surface area contributed by atoms with E-state index in [0.29, 0.717) is 12.6 Å². The Morgan fingerprint density at radius 1 is 1.25 bits per heavy atom. The summed E-state index contributed by atoms with van der Waals surface area (Å²) in [6.07, 6.45) is 2.59. The second-order valence-electron chi connectivity index (χ2n) is 5.11. The Morgan fingerprint density at radius 2 is 2.00 bits per heavy atom. The van der Waals surface area contributed by atoms with Gasteiger partial charge in [0.1, 0.15) is 12.2 Å². The second-order valence-corrected chi connectivity index (χ2v) is 5.11. The van der Waals surface area contributed by atoms with E-state index in [1.807, 2.05) is 10.7 Å². The molecule has 0 saturated carbocycles. The van der Waals surface area contributed by atoms with Gasteiger partial charge in [-0.05, 0) is 38.9 Å². The van der Waals surface area contributed by atoms with Gasteiger partial charge >= 0.3 is 0 Å². The maximum atomic E-state index is 5.65. The van der Waals surface area contributed by atoms with Crippen LogP contribution in [0.2, 0.25) is 0 Å². The highest BCUT2D eigenvalue weighted by Gasteiger charge is 2.13. The van der Waals surface area contributed by atoms with Crippen molar-refractivity contribution >= 4 is 5.69 Å². The summed E-state index contributed by atoms with van der Waals surface area (Å²) >= 11 is 0. The van der Waals surface area contributed by atoms with Crippen LogP contribution in [0.5, 0.6) is 0 Å². The minimum atomic E-state index is 0.319. The molecule has 1 heterocycles. The van der Waals surface area contributed by atoms with Gasteiger partial charge in [-0.25, -0.2) is 9.67 Å². The summed E-state index contributed by atoms with van der Waals surface area (Å²) in [5.41, 5.74) is 6.84. The molecule has 0 saturated heterocycles. The molecule has 0 aliphatic rings. The number of para-hydroxylation sites is 1. The normalized spacial score (nSPS) is 11.0. The lowest BCUT2D eigenvalue weighted by Crippen LogP contribution is -2.27. The Hall–Kier alpha value is -1.88. The Balaban J connectivity index is 2.17. The van der Waals surface area contributed by atoms with Crippen molar-refractivity contribution in [2.24, 2.45) is 5.73 Å². The van der Waals surface area contributed by atoms with Crippen LogP contribution >= 0.6 is 0 Å². The van der Waals surface area contributed by atoms with Crippen molar-refractivity contribution in [1.82, 2.24) is 14.8 Å². The van der Waals surface area contributed by atoms with Crippen LogP contribution in [0, 0.1) is 0 Å². The summed E-state index contributed by atoms with van der Waals surface area (Å²) in [5.74, 6) is 0.987. The van der Waals surface area contributed by atoms with Gasteiger partial charge in [-0.1, -0.05) is 18.2 Å². The van der Waals surface area contributed by atoms with Gasteiger partial charge in [0.15, 0.2) is 0 Å². The van der Waals surface area contributed by atoms with E-state index < -0.39 is 0 Å². The third-order valence-corrected chi connectivity index (χ3v) is 3.22. The Morgan fingerprint density at radius 3 is 2.65 bits per heavy atom. The minimum absolute atomic E-state index is 0.319. The van der Waals surface area contributed by atoms with Crippen LogP contribution in [0.3, 0.4) is 0 Å². The number of nitrogens with zero attached hydrogens (tertiary/aromatic N) is 4. The highest BCUT2D eigenvalue weighted by molar-refractivity contribution is 5.45. The van der Waals surface area contributed by atoms with Gasteiger partial charge < -0.3 is 10.6 Å². The van der Waals surface area contributed by atoms with Crippen molar-refractivity contribution in [2.45, 2.75) is 32.9 Å². The van der Waals surface area contributed by atoms with Crippen LogP contribution in [0.4, 0.5) is 5.69 Å². The number of aromatic nitrogens is 3. The maximum absolute atomic E-state index is 5.65. The van der Waals surface area contributed by atoms with Crippen LogP contribution in [0.1, 0.15) is 32.1 Å². The molecule has 2 aromatic rings. The molecule has 20 heavy (non-hydrogen) atoms. The van der Waals surface area contributed by atoms with E-state index in [0.717, 1.165) is 25.3 Å². The van der Waals surface area contributed by atoms with Crippen molar-refractivity contribution in [3.63, 3.8) is 0 Å². The fraction of sp³-hybridized carbons (Fsp3) is 0.467. The highest BCUT2D eigenvalue weighted by atomic mass is 15.4. The molecule has 5 heteroatoms. The minimum Gasteiger partial charge on any atom is -0.364 e. The SMILES string of the molecule is CC(C)n1ncnc1CN(CCCN)c1ccccc1. The first-order valence-electron chi connectivity index (χ1n) is 7.11. The summed E-state index contributed by atoms with van der Waals surface area (Å²) in [6.45, 7) is 6.60. The van der Waals surface area contributed by atoms with E-state index in [9.17, 15) is 0 Å². The molecule has 0 aliphatic heterocycles. The molecule has 108 valence electrons. The molecule has 0 aliphatic carbocycles. The smallest absolute Gasteiger partial charge is 0.146 e. The molecule has 0 spiro atoms. The topological polar surface area (TPSA) is 60.0 Å². The van der Waals surface area contributed by atoms with Crippen molar-refractivity contribution in [2.75, 3.05) is 18.0 Å². The summed E-state index contributed by atoms with van der Waals surface area (Å²) in [5, 5.41) is 4.30. The van der Waals surface area contributed by atoms with Gasteiger partial charge in [0.05, 0.1) is 6.54 Å². The summed E-state index contributed by atoms with van der Waals surface area (Å²) in [7, 11) is 0. The zero-order valence-corrected chi connectivity index (χ0v) is 12.2. The van der Waals surface area contributed by atoms with Crippen LogP contribution in [-0.2, 0) is 6.54 Å². The van der Waals surface area contributed by atoms with E-state index in [1.54, 1.807) is 6.33 Å². The maximum Gasteiger partial charge on any atom is 0.146 e. The lowest BCUT2D eigenvalue weighted by atomic mass is 10.2. The Labute approximate surface area is 120 Å². The standard InChI is InChI=1S/C15H23N5/c1-13(2)20-15(17-12-18-20)11-19(10-6-9-16)14-7-4-3-5-8-14/h3-5,7-8,12-13H,6,9-11,16H2,1-2H3.